The van der Waals surface area contributed by atoms with E-state index in [0.717, 1.165) is 18.4 Å². The number of nitrogens with one attached hydrogen (secondary N) is 1. The van der Waals surface area contributed by atoms with Crippen LogP contribution in [0, 0.1) is 0 Å². The van der Waals surface area contributed by atoms with Crippen LogP contribution < -0.4 is 16.0 Å². The molecular weight excluding hydrogens is 413 g/mol. The molecular formula is C21H23Cl2N3O3. The topological polar surface area (TPSA) is 95.7 Å². The van der Waals surface area contributed by atoms with Gasteiger partial charge in [-0.25, -0.2) is 4.79 Å². The Kier molecular flexibility index (Phi) is 6.67. The van der Waals surface area contributed by atoms with E-state index in [4.69, 9.17) is 28.9 Å². The fourth-order valence-corrected chi connectivity index (χ4v) is 4.36. The highest BCUT2D eigenvalue weighted by molar-refractivity contribution is 6.35. The van der Waals surface area contributed by atoms with Gasteiger partial charge in [-0.2, -0.15) is 0 Å². The highest BCUT2D eigenvalue weighted by atomic mass is 35.5. The number of rotatable bonds is 6. The molecule has 1 aliphatic rings. The lowest BCUT2D eigenvalue weighted by molar-refractivity contribution is -0.138. The lowest BCUT2D eigenvalue weighted by atomic mass is 9.90. The first-order valence-corrected chi connectivity index (χ1v) is 10.1. The molecule has 6 nitrogen and oxygen atoms in total. The molecule has 3 rings (SSSR count). The Morgan fingerprint density at radius 1 is 1.24 bits per heavy atom. The summed E-state index contributed by atoms with van der Waals surface area (Å²) in [6.07, 6.45) is 1.92. The Balaban J connectivity index is 2.04. The van der Waals surface area contributed by atoms with Crippen LogP contribution in [0.5, 0.6) is 0 Å². The number of carboxylic acids is 1. The van der Waals surface area contributed by atoms with E-state index in [2.05, 4.69) is 5.32 Å². The highest BCUT2D eigenvalue weighted by Crippen LogP contribution is 2.44. The van der Waals surface area contributed by atoms with E-state index in [9.17, 15) is 14.7 Å². The van der Waals surface area contributed by atoms with E-state index >= 15 is 0 Å². The van der Waals surface area contributed by atoms with Crippen LogP contribution in [0.1, 0.15) is 36.9 Å². The van der Waals surface area contributed by atoms with Crippen molar-refractivity contribution in [2.75, 3.05) is 16.8 Å². The van der Waals surface area contributed by atoms with Crippen LogP contribution in [0.15, 0.2) is 36.4 Å². The first kappa shape index (κ1) is 21.4. The zero-order valence-corrected chi connectivity index (χ0v) is 17.5. The van der Waals surface area contributed by atoms with Gasteiger partial charge in [-0.3, -0.25) is 4.79 Å². The lowest BCUT2D eigenvalue weighted by Crippen LogP contribution is -2.43. The largest absolute Gasteiger partial charge is 0.480 e. The van der Waals surface area contributed by atoms with E-state index in [1.165, 1.54) is 6.92 Å². The summed E-state index contributed by atoms with van der Waals surface area (Å²) in [7, 11) is 0. The molecule has 0 aliphatic carbocycles. The Morgan fingerprint density at radius 2 is 1.93 bits per heavy atom. The predicted molar refractivity (Wildman–Crippen MR) is 116 cm³/mol. The number of carbonyl (C=O) groups is 2. The van der Waals surface area contributed by atoms with Gasteiger partial charge in [-0.05, 0) is 49.2 Å². The van der Waals surface area contributed by atoms with Crippen molar-refractivity contribution in [2.45, 2.75) is 38.3 Å². The smallest absolute Gasteiger partial charge is 0.326 e. The molecule has 29 heavy (non-hydrogen) atoms. The summed E-state index contributed by atoms with van der Waals surface area (Å²) in [6, 6.07) is 9.49. The van der Waals surface area contributed by atoms with Crippen molar-refractivity contribution >= 4 is 46.5 Å². The predicted octanol–water partition coefficient (Wildman–Crippen LogP) is 4.25. The number of nitrogens with zero attached hydrogens (tertiary/aromatic N) is 1. The summed E-state index contributed by atoms with van der Waals surface area (Å²) in [5, 5.41) is 13.3. The average Bonchev–Trinajstić information content (AvgIpc) is 2.66. The van der Waals surface area contributed by atoms with Crippen molar-refractivity contribution in [1.29, 1.82) is 0 Å². The second-order valence-corrected chi connectivity index (χ2v) is 7.93. The Hall–Kier alpha value is -2.28. The SMILES string of the molecule is CC(=O)N(c1ccc(CCCN)cc1)[C@@H]1C[C@@H](C(=O)O)Nc2cc(Cl)cc(Cl)c21. The summed E-state index contributed by atoms with van der Waals surface area (Å²) < 4.78 is 0. The van der Waals surface area contributed by atoms with Crippen molar-refractivity contribution in [1.82, 2.24) is 0 Å². The van der Waals surface area contributed by atoms with E-state index < -0.39 is 18.1 Å². The van der Waals surface area contributed by atoms with Gasteiger partial charge in [0.2, 0.25) is 5.91 Å². The molecule has 154 valence electrons. The summed E-state index contributed by atoms with van der Waals surface area (Å²) >= 11 is 12.6. The van der Waals surface area contributed by atoms with Gasteiger partial charge in [0.25, 0.3) is 0 Å². The average molecular weight is 436 g/mol. The molecule has 1 aliphatic heterocycles. The van der Waals surface area contributed by atoms with Gasteiger partial charge in [0.1, 0.15) is 6.04 Å². The first-order chi connectivity index (χ1) is 13.8. The standard InChI is InChI=1S/C21H23Cl2N3O3/c1-12(27)26(15-6-4-13(5-7-15)3-2-8-24)19-11-18(21(28)29)25-17-10-14(22)9-16(23)20(17)19/h4-7,9-10,18-19,25H,2-3,8,11,24H2,1H3,(H,28,29)/t18-,19+/m0/s1. The maximum Gasteiger partial charge on any atom is 0.326 e. The molecule has 0 fully saturated rings. The first-order valence-electron chi connectivity index (χ1n) is 9.39. The Morgan fingerprint density at radius 3 is 2.52 bits per heavy atom. The van der Waals surface area contributed by atoms with Crippen molar-refractivity contribution in [3.05, 3.63) is 57.6 Å². The van der Waals surface area contributed by atoms with Crippen molar-refractivity contribution in [3.8, 4) is 0 Å². The Labute approximate surface area is 179 Å². The summed E-state index contributed by atoms with van der Waals surface area (Å²) in [6.45, 7) is 2.08. The number of amides is 1. The maximum absolute atomic E-state index is 12.6. The number of fused-ring (bicyclic) bond motifs is 1. The molecule has 8 heteroatoms. The maximum atomic E-state index is 12.6. The molecule has 0 saturated carbocycles. The van der Waals surface area contributed by atoms with Gasteiger partial charge in [0.15, 0.2) is 0 Å². The Bertz CT molecular complexity index is 918. The lowest BCUT2D eigenvalue weighted by Gasteiger charge is -2.38. The zero-order chi connectivity index (χ0) is 21.1. The van der Waals surface area contributed by atoms with Gasteiger partial charge in [0.05, 0.1) is 6.04 Å². The van der Waals surface area contributed by atoms with Crippen LogP contribution in [0.2, 0.25) is 10.0 Å². The van der Waals surface area contributed by atoms with Crippen molar-refractivity contribution < 1.29 is 14.7 Å². The summed E-state index contributed by atoms with van der Waals surface area (Å²) in [4.78, 5) is 25.9. The molecule has 0 saturated heterocycles. The van der Waals surface area contributed by atoms with Gasteiger partial charge >= 0.3 is 5.97 Å². The molecule has 1 amide bonds. The molecule has 0 radical (unpaired) electrons. The number of carboxylic acid groups (broad SMARTS) is 1. The zero-order valence-electron chi connectivity index (χ0n) is 16.0. The number of nitrogens with two attached hydrogens (primary N) is 1. The van der Waals surface area contributed by atoms with Crippen LogP contribution in [0.3, 0.4) is 0 Å². The second kappa shape index (κ2) is 9.03. The minimum absolute atomic E-state index is 0.179. The molecule has 2 atom stereocenters. The van der Waals surface area contributed by atoms with Crippen molar-refractivity contribution in [3.63, 3.8) is 0 Å². The molecule has 0 aromatic heterocycles. The van der Waals surface area contributed by atoms with Crippen LogP contribution in [0.25, 0.3) is 0 Å². The van der Waals surface area contributed by atoms with E-state index in [0.29, 0.717) is 33.5 Å². The molecule has 2 aromatic carbocycles. The minimum Gasteiger partial charge on any atom is -0.480 e. The van der Waals surface area contributed by atoms with Gasteiger partial charge < -0.3 is 21.1 Å². The molecule has 4 N–H and O–H groups in total. The third-order valence-electron chi connectivity index (χ3n) is 5.05. The number of benzene rings is 2. The van der Waals surface area contributed by atoms with E-state index in [1.54, 1.807) is 17.0 Å². The third-order valence-corrected chi connectivity index (χ3v) is 5.58. The summed E-state index contributed by atoms with van der Waals surface area (Å²) in [5.41, 5.74) is 8.57. The normalized spacial score (nSPS) is 17.9. The van der Waals surface area contributed by atoms with Crippen LogP contribution in [-0.2, 0) is 16.0 Å². The van der Waals surface area contributed by atoms with Crippen LogP contribution in [0.4, 0.5) is 11.4 Å². The number of aryl methyl sites for hydroxylation is 1. The molecule has 0 unspecified atom stereocenters. The van der Waals surface area contributed by atoms with E-state index in [-0.39, 0.29) is 12.3 Å². The number of carbonyl (C=O) groups excluding carboxylic acids is 1. The monoisotopic (exact) mass is 435 g/mol. The minimum atomic E-state index is -1.00. The van der Waals surface area contributed by atoms with Gasteiger partial charge in [0, 0.05) is 40.3 Å². The second-order valence-electron chi connectivity index (χ2n) is 7.08. The molecule has 0 bridgehead atoms. The molecule has 1 heterocycles. The number of hydrogen-bond acceptors (Lipinski definition) is 4. The number of aliphatic carboxylic acids is 1. The molecule has 0 spiro atoms. The number of anilines is 2. The van der Waals surface area contributed by atoms with Crippen LogP contribution >= 0.6 is 23.2 Å². The highest BCUT2D eigenvalue weighted by Gasteiger charge is 2.37. The quantitative estimate of drug-likeness (QED) is 0.630. The van der Waals surface area contributed by atoms with Crippen molar-refractivity contribution in [2.24, 2.45) is 5.73 Å². The van der Waals surface area contributed by atoms with Crippen LogP contribution in [-0.4, -0.2) is 29.6 Å². The van der Waals surface area contributed by atoms with Gasteiger partial charge in [-0.1, -0.05) is 35.3 Å². The third kappa shape index (κ3) is 4.66. The van der Waals surface area contributed by atoms with Gasteiger partial charge in [-0.15, -0.1) is 0 Å². The fourth-order valence-electron chi connectivity index (χ4n) is 3.74. The molecule has 2 aromatic rings. The van der Waals surface area contributed by atoms with E-state index in [1.807, 2.05) is 24.3 Å². The number of halogens is 2. The fraction of sp³-hybridized carbons (Fsp3) is 0.333. The number of hydrogen-bond donors (Lipinski definition) is 3. The summed E-state index contributed by atoms with van der Waals surface area (Å²) in [5.74, 6) is -1.20.